The standard InChI is InChI=1S/2C2H2O4.BH2O2.Li/c2*3-1(4)2(5)6;2-1-3;/h2*(H,3,4)(H,5,6);1-2H;/q;;-1;+1. The summed E-state index contributed by atoms with van der Waals surface area (Å²) in [7, 11) is -1.00. The predicted octanol–water partition coefficient (Wildman–Crippen LogP) is -7.08. The molecule has 0 rings (SSSR count). The monoisotopic (exact) mass is 232 g/mol. The van der Waals surface area contributed by atoms with Crippen molar-refractivity contribution in [2.75, 3.05) is 0 Å². The molecule has 0 amide bonds. The van der Waals surface area contributed by atoms with Crippen LogP contribution in [-0.4, -0.2) is 57.0 Å². The smallest absolute Gasteiger partial charge is 0.859 e. The molecule has 0 aliphatic carbocycles. The molecular formula is C4H6BLiO10. The molecule has 0 aromatic carbocycles. The number of carbonyl (C=O) groups is 4. The van der Waals surface area contributed by atoms with Crippen LogP contribution in [0.3, 0.4) is 0 Å². The van der Waals surface area contributed by atoms with E-state index < -0.39 is 31.6 Å². The van der Waals surface area contributed by atoms with E-state index in [1.54, 1.807) is 0 Å². The van der Waals surface area contributed by atoms with Gasteiger partial charge in [0.2, 0.25) is 0 Å². The Morgan fingerprint density at radius 2 is 0.812 bits per heavy atom. The Morgan fingerprint density at radius 1 is 0.750 bits per heavy atom. The van der Waals surface area contributed by atoms with E-state index in [-0.39, 0.29) is 18.9 Å². The second kappa shape index (κ2) is 15.9. The van der Waals surface area contributed by atoms with Crippen molar-refractivity contribution >= 4 is 31.6 Å². The topological polar surface area (TPSA) is 192 Å². The van der Waals surface area contributed by atoms with Crippen LogP contribution in [0.25, 0.3) is 0 Å². The Morgan fingerprint density at radius 3 is 0.812 bits per heavy atom. The van der Waals surface area contributed by atoms with Crippen molar-refractivity contribution in [3.63, 3.8) is 0 Å². The van der Waals surface area contributed by atoms with E-state index in [0.29, 0.717) is 0 Å². The summed E-state index contributed by atoms with van der Waals surface area (Å²) in [5.41, 5.74) is 0. The summed E-state index contributed by atoms with van der Waals surface area (Å²) in [6, 6.07) is 0. The van der Waals surface area contributed by atoms with Gasteiger partial charge >= 0.3 is 42.7 Å². The van der Waals surface area contributed by atoms with Gasteiger partial charge in [0.15, 0.2) is 7.69 Å². The molecule has 0 radical (unpaired) electrons. The van der Waals surface area contributed by atoms with Gasteiger partial charge in [0.25, 0.3) is 0 Å². The average Bonchev–Trinajstić information content (AvgIpc) is 2.06. The molecule has 0 spiro atoms. The molecular weight excluding hydrogens is 226 g/mol. The maximum atomic E-state index is 9.10. The van der Waals surface area contributed by atoms with Crippen LogP contribution in [0.2, 0.25) is 0 Å². The Bertz CT molecular complexity index is 191. The van der Waals surface area contributed by atoms with Crippen LogP contribution in [0.15, 0.2) is 0 Å². The van der Waals surface area contributed by atoms with Gasteiger partial charge in [-0.25, -0.2) is 19.2 Å². The van der Waals surface area contributed by atoms with Crippen LogP contribution in [0.4, 0.5) is 0 Å². The largest absolute Gasteiger partial charge is 1.00 e. The van der Waals surface area contributed by atoms with Gasteiger partial charge in [0.05, 0.1) is 0 Å². The van der Waals surface area contributed by atoms with Crippen LogP contribution in [0.5, 0.6) is 0 Å². The summed E-state index contributed by atoms with van der Waals surface area (Å²) in [5, 5.41) is 45.1. The number of carboxylic acid groups (broad SMARTS) is 4. The fourth-order valence-corrected chi connectivity index (χ4v) is 0. The molecule has 0 saturated heterocycles. The predicted molar refractivity (Wildman–Crippen MR) is 39.9 cm³/mol. The summed E-state index contributed by atoms with van der Waals surface area (Å²) in [5.74, 6) is -7.30. The van der Waals surface area contributed by atoms with Gasteiger partial charge in [-0.15, -0.1) is 0 Å². The fraction of sp³-hybridized carbons (Fsp3) is 0. The third-order valence-electron chi connectivity index (χ3n) is 0.366. The van der Waals surface area contributed by atoms with E-state index in [2.05, 4.69) is 0 Å². The zero-order valence-corrected chi connectivity index (χ0v) is 7.98. The minimum absolute atomic E-state index is 0. The van der Waals surface area contributed by atoms with Gasteiger partial charge in [0, 0.05) is 0 Å². The van der Waals surface area contributed by atoms with E-state index in [9.17, 15) is 0 Å². The Kier molecular flexibility index (Phi) is 23.8. The van der Waals surface area contributed by atoms with E-state index >= 15 is 0 Å². The van der Waals surface area contributed by atoms with Crippen LogP contribution in [0, 0.1) is 0 Å². The normalized spacial score (nSPS) is 6.38. The molecule has 0 fully saturated rings. The van der Waals surface area contributed by atoms with Crippen molar-refractivity contribution < 1.29 is 68.5 Å². The third-order valence-corrected chi connectivity index (χ3v) is 0.366. The van der Waals surface area contributed by atoms with Gasteiger partial charge in [-0.1, -0.05) is 0 Å². The second-order valence-corrected chi connectivity index (χ2v) is 1.35. The molecule has 0 aliphatic heterocycles. The maximum Gasteiger partial charge on any atom is 1.00 e. The van der Waals surface area contributed by atoms with Crippen molar-refractivity contribution in [3.8, 4) is 0 Å². The van der Waals surface area contributed by atoms with E-state index in [1.165, 1.54) is 0 Å². The van der Waals surface area contributed by atoms with Crippen molar-refractivity contribution in [1.29, 1.82) is 0 Å². The van der Waals surface area contributed by atoms with Crippen molar-refractivity contribution in [2.24, 2.45) is 0 Å². The summed E-state index contributed by atoms with van der Waals surface area (Å²) >= 11 is 0. The summed E-state index contributed by atoms with van der Waals surface area (Å²) in [6.45, 7) is 0. The number of hydrogen-bond donors (Lipinski definition) is 5. The molecule has 12 heteroatoms. The molecule has 0 atom stereocenters. The maximum absolute atomic E-state index is 9.10. The van der Waals surface area contributed by atoms with Crippen LogP contribution in [0.1, 0.15) is 0 Å². The molecule has 5 N–H and O–H groups in total. The number of rotatable bonds is 0. The van der Waals surface area contributed by atoms with Gasteiger partial charge in [-0.3, -0.25) is 0 Å². The van der Waals surface area contributed by atoms with E-state index in [1.807, 2.05) is 0 Å². The van der Waals surface area contributed by atoms with E-state index in [4.69, 9.17) is 49.7 Å². The average molecular weight is 232 g/mol. The molecule has 10 nitrogen and oxygen atoms in total. The number of aliphatic carboxylic acids is 4. The van der Waals surface area contributed by atoms with Gasteiger partial charge < -0.3 is 30.5 Å². The van der Waals surface area contributed by atoms with Crippen molar-refractivity contribution in [3.05, 3.63) is 0 Å². The molecule has 86 valence electrons. The molecule has 0 unspecified atom stereocenters. The van der Waals surface area contributed by atoms with Crippen molar-refractivity contribution in [2.45, 2.75) is 0 Å². The first-order valence-electron chi connectivity index (χ1n) is 2.82. The van der Waals surface area contributed by atoms with Gasteiger partial charge in [-0.05, 0) is 0 Å². The molecule has 0 aromatic rings. The molecule has 0 bridgehead atoms. The molecule has 0 aliphatic rings. The summed E-state index contributed by atoms with van der Waals surface area (Å²) in [6.07, 6.45) is 0. The third kappa shape index (κ3) is 39.2. The van der Waals surface area contributed by atoms with Crippen LogP contribution in [-0.2, 0) is 19.2 Å². The number of hydrogen-bond acceptors (Lipinski definition) is 6. The molecule has 16 heavy (non-hydrogen) atoms. The first-order chi connectivity index (χ1) is 6.70. The summed E-state index contributed by atoms with van der Waals surface area (Å²) in [4.78, 5) is 36.4. The van der Waals surface area contributed by atoms with Gasteiger partial charge in [0.1, 0.15) is 0 Å². The Labute approximate surface area is 101 Å². The first kappa shape index (κ1) is 23.9. The quantitative estimate of drug-likeness (QED) is 0.198. The Balaban J connectivity index is -0.0000000692. The number of carboxylic acids is 4. The summed E-state index contributed by atoms with van der Waals surface area (Å²) < 4.78 is 0. The SMILES string of the molecule is O=C(O)C(=O)O.O=C(O)C(=O)O.[Li+].[O-]BO. The minimum Gasteiger partial charge on any atom is -0.859 e. The van der Waals surface area contributed by atoms with Crippen LogP contribution >= 0.6 is 0 Å². The van der Waals surface area contributed by atoms with Crippen LogP contribution < -0.4 is 23.9 Å². The minimum atomic E-state index is -1.82. The molecule has 0 aromatic heterocycles. The fourth-order valence-electron chi connectivity index (χ4n) is 0. The Hall–Kier alpha value is -1.54. The first-order valence-corrected chi connectivity index (χ1v) is 2.82. The zero-order valence-electron chi connectivity index (χ0n) is 7.98. The molecule has 0 heterocycles. The second-order valence-electron chi connectivity index (χ2n) is 1.35. The van der Waals surface area contributed by atoms with E-state index in [0.717, 1.165) is 0 Å². The van der Waals surface area contributed by atoms with Gasteiger partial charge in [-0.2, -0.15) is 0 Å². The molecule has 0 saturated carbocycles. The zero-order chi connectivity index (χ0) is 13.0. The van der Waals surface area contributed by atoms with Crippen molar-refractivity contribution in [1.82, 2.24) is 0 Å².